The van der Waals surface area contributed by atoms with Gasteiger partial charge in [0.05, 0.1) is 6.61 Å². The smallest absolute Gasteiger partial charge is 0.409 e. The second-order valence-electron chi connectivity index (χ2n) is 10.2. The molecule has 37 heavy (non-hydrogen) atoms. The molecule has 0 atom stereocenters. The van der Waals surface area contributed by atoms with Crippen LogP contribution in [0.25, 0.3) is 11.1 Å². The number of hydrogen-bond donors (Lipinski definition) is 3. The Kier molecular flexibility index (Phi) is 7.46. The number of rotatable bonds is 6. The molecule has 3 N–H and O–H groups in total. The Morgan fingerprint density at radius 1 is 0.973 bits per heavy atom. The third kappa shape index (κ3) is 5.21. The summed E-state index contributed by atoms with van der Waals surface area (Å²) in [6, 6.07) is 16.5. The minimum absolute atomic E-state index is 0.0265. The van der Waals surface area contributed by atoms with E-state index in [1.807, 2.05) is 24.3 Å². The lowest BCUT2D eigenvalue weighted by atomic mass is 9.85. The minimum atomic E-state index is -0.932. The number of carbonyl (C=O) groups excluding carboxylic acids is 3. The van der Waals surface area contributed by atoms with Crippen molar-refractivity contribution in [2.45, 2.75) is 56.5 Å². The lowest BCUT2D eigenvalue weighted by Crippen LogP contribution is -2.64. The standard InChI is InChI=1S/C29H36N4O4/c1-2-37-28(36)33-17-11-20(12-18-33)31-27(35)29(13-15-30-16-14-29)32-26(34)19-25-23-9-5-3-7-21(23)22-8-4-6-10-24(22)25/h3-10,20,25,30H,2,11-19H2,1H3,(H,31,35)(H,32,34). The van der Waals surface area contributed by atoms with E-state index in [2.05, 4.69) is 40.2 Å². The van der Waals surface area contributed by atoms with E-state index < -0.39 is 5.54 Å². The van der Waals surface area contributed by atoms with Crippen LogP contribution in [0.5, 0.6) is 0 Å². The Labute approximate surface area is 218 Å². The zero-order chi connectivity index (χ0) is 25.8. The molecule has 2 heterocycles. The largest absolute Gasteiger partial charge is 0.450 e. The number of ether oxygens (including phenoxy) is 1. The SMILES string of the molecule is CCOC(=O)N1CCC(NC(=O)C2(NC(=O)CC3c4ccccc4-c4ccccc43)CCNCC2)CC1. The third-order valence-electron chi connectivity index (χ3n) is 7.98. The quantitative estimate of drug-likeness (QED) is 0.561. The molecule has 196 valence electrons. The first kappa shape index (κ1) is 25.3. The van der Waals surface area contributed by atoms with Gasteiger partial charge >= 0.3 is 6.09 Å². The lowest BCUT2D eigenvalue weighted by molar-refractivity contribution is -0.135. The van der Waals surface area contributed by atoms with Gasteiger partial charge in [0, 0.05) is 31.5 Å². The van der Waals surface area contributed by atoms with Crippen molar-refractivity contribution in [2.75, 3.05) is 32.8 Å². The summed E-state index contributed by atoms with van der Waals surface area (Å²) in [6.45, 7) is 4.58. The molecule has 0 aromatic heterocycles. The molecule has 3 aliphatic rings. The van der Waals surface area contributed by atoms with Crippen LogP contribution < -0.4 is 16.0 Å². The highest BCUT2D eigenvalue weighted by molar-refractivity contribution is 5.93. The second kappa shape index (κ2) is 10.9. The Morgan fingerprint density at radius 2 is 1.57 bits per heavy atom. The van der Waals surface area contributed by atoms with Crippen LogP contribution in [0.15, 0.2) is 48.5 Å². The molecule has 0 radical (unpaired) electrons. The molecule has 2 aliphatic heterocycles. The fourth-order valence-corrected chi connectivity index (χ4v) is 5.99. The monoisotopic (exact) mass is 504 g/mol. The van der Waals surface area contributed by atoms with Crippen LogP contribution in [0.2, 0.25) is 0 Å². The van der Waals surface area contributed by atoms with Crippen molar-refractivity contribution >= 4 is 17.9 Å². The highest BCUT2D eigenvalue weighted by atomic mass is 16.6. The van der Waals surface area contributed by atoms with Gasteiger partial charge in [-0.3, -0.25) is 9.59 Å². The normalized spacial score (nSPS) is 19.0. The van der Waals surface area contributed by atoms with Gasteiger partial charge in [0.1, 0.15) is 5.54 Å². The number of hydrogen-bond acceptors (Lipinski definition) is 5. The molecule has 0 bridgehead atoms. The van der Waals surface area contributed by atoms with E-state index in [-0.39, 0.29) is 29.9 Å². The Bertz CT molecular complexity index is 1110. The van der Waals surface area contributed by atoms with Crippen LogP contribution >= 0.6 is 0 Å². The van der Waals surface area contributed by atoms with Gasteiger partial charge in [-0.25, -0.2) is 4.79 Å². The van der Waals surface area contributed by atoms with Crippen LogP contribution in [0, 0.1) is 0 Å². The van der Waals surface area contributed by atoms with Crippen molar-refractivity contribution < 1.29 is 19.1 Å². The van der Waals surface area contributed by atoms with Crippen LogP contribution in [-0.4, -0.2) is 67.2 Å². The molecule has 8 heteroatoms. The molecular weight excluding hydrogens is 468 g/mol. The fraction of sp³-hybridized carbons (Fsp3) is 0.483. The molecule has 2 aromatic carbocycles. The van der Waals surface area contributed by atoms with Gasteiger partial charge in [-0.15, -0.1) is 0 Å². The van der Waals surface area contributed by atoms with E-state index in [0.29, 0.717) is 64.9 Å². The average Bonchev–Trinajstić information content (AvgIpc) is 3.23. The average molecular weight is 505 g/mol. The highest BCUT2D eigenvalue weighted by Crippen LogP contribution is 2.46. The summed E-state index contributed by atoms with van der Waals surface area (Å²) in [7, 11) is 0. The minimum Gasteiger partial charge on any atom is -0.450 e. The van der Waals surface area contributed by atoms with Crippen LogP contribution in [-0.2, 0) is 14.3 Å². The van der Waals surface area contributed by atoms with E-state index in [9.17, 15) is 14.4 Å². The Morgan fingerprint density at radius 3 is 2.16 bits per heavy atom. The van der Waals surface area contributed by atoms with Gasteiger partial charge < -0.3 is 25.6 Å². The third-order valence-corrected chi connectivity index (χ3v) is 7.98. The summed E-state index contributed by atoms with van der Waals surface area (Å²) in [6.07, 6.45) is 2.43. The maximum atomic E-state index is 13.6. The first-order chi connectivity index (χ1) is 18.0. The number of fused-ring (bicyclic) bond motifs is 3. The molecule has 2 aromatic rings. The van der Waals surface area contributed by atoms with Gasteiger partial charge in [0.2, 0.25) is 11.8 Å². The number of nitrogens with one attached hydrogen (secondary N) is 3. The van der Waals surface area contributed by atoms with Gasteiger partial charge in [-0.05, 0) is 68.0 Å². The maximum Gasteiger partial charge on any atom is 0.409 e. The number of piperidine rings is 2. The van der Waals surface area contributed by atoms with Gasteiger partial charge in [-0.2, -0.15) is 0 Å². The maximum absolute atomic E-state index is 13.6. The predicted octanol–water partition coefficient (Wildman–Crippen LogP) is 3.16. The topological polar surface area (TPSA) is 99.8 Å². The number of benzene rings is 2. The molecule has 0 saturated carbocycles. The predicted molar refractivity (Wildman–Crippen MR) is 141 cm³/mol. The summed E-state index contributed by atoms with van der Waals surface area (Å²) in [4.78, 5) is 40.8. The van der Waals surface area contributed by atoms with Crippen molar-refractivity contribution in [3.63, 3.8) is 0 Å². The van der Waals surface area contributed by atoms with Crippen molar-refractivity contribution in [1.29, 1.82) is 0 Å². The molecule has 0 spiro atoms. The summed E-state index contributed by atoms with van der Waals surface area (Å²) in [5.41, 5.74) is 3.75. The number of likely N-dealkylation sites (tertiary alicyclic amines) is 1. The summed E-state index contributed by atoms with van der Waals surface area (Å²) < 4.78 is 5.10. The number of carbonyl (C=O) groups is 3. The lowest BCUT2D eigenvalue weighted by Gasteiger charge is -2.39. The van der Waals surface area contributed by atoms with E-state index in [0.717, 1.165) is 11.1 Å². The highest BCUT2D eigenvalue weighted by Gasteiger charge is 2.43. The summed E-state index contributed by atoms with van der Waals surface area (Å²) >= 11 is 0. The van der Waals surface area contributed by atoms with Crippen molar-refractivity contribution in [3.8, 4) is 11.1 Å². The van der Waals surface area contributed by atoms with Crippen molar-refractivity contribution in [2.24, 2.45) is 0 Å². The van der Waals surface area contributed by atoms with E-state index >= 15 is 0 Å². The zero-order valence-electron chi connectivity index (χ0n) is 21.4. The van der Waals surface area contributed by atoms with Crippen LogP contribution in [0.3, 0.4) is 0 Å². The molecule has 3 amide bonds. The Hall–Kier alpha value is -3.39. The molecule has 8 nitrogen and oxygen atoms in total. The van der Waals surface area contributed by atoms with E-state index in [4.69, 9.17) is 4.74 Å². The fourth-order valence-electron chi connectivity index (χ4n) is 5.99. The first-order valence-corrected chi connectivity index (χ1v) is 13.4. The second-order valence-corrected chi connectivity index (χ2v) is 10.2. The molecule has 0 unspecified atom stereocenters. The summed E-state index contributed by atoms with van der Waals surface area (Å²) in [5, 5.41) is 9.68. The summed E-state index contributed by atoms with van der Waals surface area (Å²) in [5.74, 6) is -0.253. The van der Waals surface area contributed by atoms with E-state index in [1.165, 1.54) is 11.1 Å². The molecule has 1 aliphatic carbocycles. The van der Waals surface area contributed by atoms with Gasteiger partial charge in [0.25, 0.3) is 0 Å². The van der Waals surface area contributed by atoms with Crippen molar-refractivity contribution in [1.82, 2.24) is 20.9 Å². The number of nitrogens with zero attached hydrogens (tertiary/aromatic N) is 1. The van der Waals surface area contributed by atoms with Crippen LogP contribution in [0.1, 0.15) is 56.1 Å². The Balaban J connectivity index is 1.25. The van der Waals surface area contributed by atoms with Crippen LogP contribution in [0.4, 0.5) is 4.79 Å². The van der Waals surface area contributed by atoms with Gasteiger partial charge in [0.15, 0.2) is 0 Å². The molecule has 2 saturated heterocycles. The number of amides is 3. The van der Waals surface area contributed by atoms with E-state index in [1.54, 1.807) is 11.8 Å². The molecule has 2 fully saturated rings. The first-order valence-electron chi connectivity index (χ1n) is 13.4. The molecule has 5 rings (SSSR count). The van der Waals surface area contributed by atoms with Gasteiger partial charge in [-0.1, -0.05) is 48.5 Å². The zero-order valence-corrected chi connectivity index (χ0v) is 21.4. The molecular formula is C29H36N4O4. The van der Waals surface area contributed by atoms with Crippen molar-refractivity contribution in [3.05, 3.63) is 59.7 Å².